The van der Waals surface area contributed by atoms with E-state index in [-0.39, 0.29) is 5.41 Å². The lowest BCUT2D eigenvalue weighted by Crippen LogP contribution is -2.21. The Morgan fingerprint density at radius 2 is 1.72 bits per heavy atom. The maximum atomic E-state index is 13.4. The molecular formula is C35H37N7O4S. The Labute approximate surface area is 275 Å². The van der Waals surface area contributed by atoms with Gasteiger partial charge in [0.2, 0.25) is 11.8 Å². The highest BCUT2D eigenvalue weighted by molar-refractivity contribution is 7.84. The Kier molecular flexibility index (Phi) is 9.43. The molecule has 1 heterocycles. The summed E-state index contributed by atoms with van der Waals surface area (Å²) < 4.78 is 24.3. The lowest BCUT2D eigenvalue weighted by atomic mass is 9.86. The molecule has 12 heteroatoms. The fraction of sp³-hybridized carbons (Fsp3) is 0.200. The van der Waals surface area contributed by atoms with Gasteiger partial charge >= 0.3 is 6.03 Å². The van der Waals surface area contributed by atoms with Gasteiger partial charge < -0.3 is 36.6 Å². The molecule has 4 aromatic carbocycles. The highest BCUT2D eigenvalue weighted by atomic mass is 32.2. The quantitative estimate of drug-likeness (QED) is 0.0798. The summed E-state index contributed by atoms with van der Waals surface area (Å²) in [6.45, 7) is 8.01. The summed E-state index contributed by atoms with van der Waals surface area (Å²) >= 11 is 0. The highest BCUT2D eigenvalue weighted by Crippen LogP contribution is 2.38. The number of ether oxygens (including phenoxy) is 2. The van der Waals surface area contributed by atoms with Gasteiger partial charge in [-0.3, -0.25) is 4.21 Å². The molecule has 2 amide bonds. The normalized spacial score (nSPS) is 11.9. The predicted octanol–water partition coefficient (Wildman–Crippen LogP) is 7.74. The van der Waals surface area contributed by atoms with Gasteiger partial charge in [0.05, 0.1) is 34.2 Å². The van der Waals surface area contributed by atoms with Crippen molar-refractivity contribution in [1.82, 2.24) is 9.97 Å². The molecule has 5 aromatic rings. The molecule has 0 aliphatic rings. The fourth-order valence-electron chi connectivity index (χ4n) is 5.02. The molecular weight excluding hydrogens is 614 g/mol. The monoisotopic (exact) mass is 651 g/mol. The summed E-state index contributed by atoms with van der Waals surface area (Å²) in [5.41, 5.74) is 10.3. The summed E-state index contributed by atoms with van der Waals surface area (Å²) in [6.07, 6.45) is 4.36. The lowest BCUT2D eigenvalue weighted by molar-refractivity contribution is 0.262. The molecule has 242 valence electrons. The number of carbonyl (C=O) groups is 1. The molecule has 0 spiro atoms. The van der Waals surface area contributed by atoms with E-state index < -0.39 is 16.8 Å². The second kappa shape index (κ2) is 13.5. The van der Waals surface area contributed by atoms with Crippen molar-refractivity contribution in [2.75, 3.05) is 35.0 Å². The van der Waals surface area contributed by atoms with Crippen LogP contribution in [0.3, 0.4) is 0 Å². The van der Waals surface area contributed by atoms with Gasteiger partial charge in [-0.2, -0.15) is 4.98 Å². The topological polar surface area (TPSA) is 164 Å². The van der Waals surface area contributed by atoms with Gasteiger partial charge in [-0.05, 0) is 59.9 Å². The van der Waals surface area contributed by atoms with Crippen LogP contribution >= 0.6 is 0 Å². The Bertz CT molecular complexity index is 2020. The van der Waals surface area contributed by atoms with Gasteiger partial charge in [-0.15, -0.1) is 0 Å². The molecule has 1 atom stereocenters. The number of benzene rings is 4. The number of carbonyl (C=O) groups excluding carboxylic acids is 1. The smallest absolute Gasteiger partial charge is 0.323 e. The number of nitrogens with zero attached hydrogens (tertiary/aromatic N) is 2. The number of aromatic nitrogens is 2. The van der Waals surface area contributed by atoms with Crippen LogP contribution in [-0.4, -0.2) is 39.8 Å². The predicted molar refractivity (Wildman–Crippen MR) is 189 cm³/mol. The Hall–Kier alpha value is -5.49. The van der Waals surface area contributed by atoms with E-state index in [1.165, 1.54) is 13.3 Å². The number of anilines is 5. The van der Waals surface area contributed by atoms with Crippen LogP contribution in [0.4, 0.5) is 33.5 Å². The van der Waals surface area contributed by atoms with Crippen LogP contribution in [0.15, 0.2) is 77.8 Å². The van der Waals surface area contributed by atoms with Crippen molar-refractivity contribution in [1.29, 1.82) is 5.41 Å². The Morgan fingerprint density at radius 3 is 2.40 bits per heavy atom. The first-order valence-corrected chi connectivity index (χ1v) is 16.3. The molecule has 6 N–H and O–H groups in total. The molecule has 1 aromatic heterocycles. The van der Waals surface area contributed by atoms with Crippen molar-refractivity contribution in [3.63, 3.8) is 0 Å². The van der Waals surface area contributed by atoms with Gasteiger partial charge in [0.1, 0.15) is 5.75 Å². The number of hydrogen-bond donors (Lipinski definition) is 5. The van der Waals surface area contributed by atoms with Crippen molar-refractivity contribution >= 4 is 62.5 Å². The third-order valence-electron chi connectivity index (χ3n) is 7.49. The zero-order chi connectivity index (χ0) is 33.9. The number of nitrogens with one attached hydrogen (secondary N) is 4. The standard InChI is InChI=1S/C35H37N7O4S/c1-20-15-23(16-21(19-36)31(20)37)39-33-38-14-13-30(42-33)46-28-12-11-26(24-9-7-8-10-25(24)28)40-34(43)41-27-17-22(35(2,3)4)18-29(47(6)44)32(27)45-5/h7-19,36H,37H2,1-6H3,(H,38,39,42)(H2,40,41,43). The minimum Gasteiger partial charge on any atom is -0.493 e. The highest BCUT2D eigenvalue weighted by Gasteiger charge is 2.22. The number of fused-ring (bicyclic) bond motifs is 1. The number of rotatable bonds is 9. The molecule has 0 saturated carbocycles. The maximum Gasteiger partial charge on any atom is 0.323 e. The molecule has 11 nitrogen and oxygen atoms in total. The number of amides is 2. The molecule has 0 radical (unpaired) electrons. The van der Waals surface area contributed by atoms with Crippen molar-refractivity contribution < 1.29 is 18.5 Å². The first-order valence-electron chi connectivity index (χ1n) is 14.7. The summed E-state index contributed by atoms with van der Waals surface area (Å²) in [5.74, 6) is 1.49. The van der Waals surface area contributed by atoms with Crippen molar-refractivity contribution in [2.45, 2.75) is 38.0 Å². The van der Waals surface area contributed by atoms with Gasteiger partial charge in [-0.1, -0.05) is 45.0 Å². The van der Waals surface area contributed by atoms with Crippen molar-refractivity contribution in [3.05, 3.63) is 89.6 Å². The molecule has 47 heavy (non-hydrogen) atoms. The van der Waals surface area contributed by atoms with Crippen LogP contribution in [0, 0.1) is 12.3 Å². The van der Waals surface area contributed by atoms with Gasteiger partial charge in [0.25, 0.3) is 0 Å². The first kappa shape index (κ1) is 32.9. The molecule has 0 saturated heterocycles. The summed E-state index contributed by atoms with van der Waals surface area (Å²) in [5, 5.41) is 18.1. The number of nitrogens with two attached hydrogens (primary N) is 1. The van der Waals surface area contributed by atoms with Crippen LogP contribution in [0.5, 0.6) is 17.4 Å². The van der Waals surface area contributed by atoms with Gasteiger partial charge in [0.15, 0.2) is 5.75 Å². The second-order valence-electron chi connectivity index (χ2n) is 11.9. The zero-order valence-electron chi connectivity index (χ0n) is 27.0. The van der Waals surface area contributed by atoms with E-state index in [0.717, 1.165) is 21.9 Å². The molecule has 0 bridgehead atoms. The van der Waals surface area contributed by atoms with Crippen molar-refractivity contribution in [2.24, 2.45) is 0 Å². The van der Waals surface area contributed by atoms with Crippen LogP contribution in [0.1, 0.15) is 37.5 Å². The number of urea groups is 1. The number of aryl methyl sites for hydroxylation is 1. The average Bonchev–Trinajstić information content (AvgIpc) is 3.03. The third kappa shape index (κ3) is 7.33. The molecule has 0 aliphatic carbocycles. The van der Waals surface area contributed by atoms with E-state index in [0.29, 0.717) is 56.5 Å². The van der Waals surface area contributed by atoms with Crippen LogP contribution in [0.25, 0.3) is 10.8 Å². The Balaban J connectivity index is 1.39. The van der Waals surface area contributed by atoms with E-state index in [1.54, 1.807) is 36.7 Å². The summed E-state index contributed by atoms with van der Waals surface area (Å²) in [7, 11) is 0.149. The Morgan fingerprint density at radius 1 is 1.00 bits per heavy atom. The zero-order valence-corrected chi connectivity index (χ0v) is 27.8. The molecule has 0 fully saturated rings. The third-order valence-corrected chi connectivity index (χ3v) is 8.41. The van der Waals surface area contributed by atoms with E-state index in [9.17, 15) is 9.00 Å². The molecule has 1 unspecified atom stereocenters. The fourth-order valence-corrected chi connectivity index (χ4v) is 5.76. The lowest BCUT2D eigenvalue weighted by Gasteiger charge is -2.23. The van der Waals surface area contributed by atoms with E-state index >= 15 is 0 Å². The van der Waals surface area contributed by atoms with Crippen LogP contribution in [-0.2, 0) is 16.2 Å². The number of hydrogen-bond acceptors (Lipinski definition) is 9. The van der Waals surface area contributed by atoms with E-state index in [2.05, 4.69) is 25.9 Å². The average molecular weight is 652 g/mol. The van der Waals surface area contributed by atoms with Crippen molar-refractivity contribution in [3.8, 4) is 17.4 Å². The summed E-state index contributed by atoms with van der Waals surface area (Å²) in [6, 6.07) is 19.5. The van der Waals surface area contributed by atoms with Gasteiger partial charge in [0, 0.05) is 52.4 Å². The van der Waals surface area contributed by atoms with Crippen LogP contribution in [0.2, 0.25) is 0 Å². The van der Waals surface area contributed by atoms with Gasteiger partial charge in [-0.25, -0.2) is 9.78 Å². The largest absolute Gasteiger partial charge is 0.493 e. The molecule has 5 rings (SSSR count). The van der Waals surface area contributed by atoms with Crippen LogP contribution < -0.4 is 31.2 Å². The molecule has 0 aliphatic heterocycles. The SMILES string of the molecule is COc1c(NC(=O)Nc2ccc(Oc3ccnc(Nc4cc(C)c(N)c(C=N)c4)n3)c3ccccc23)cc(C(C)(C)C)cc1S(C)=O. The minimum atomic E-state index is -1.34. The number of methoxy groups -OCH3 is 1. The maximum absolute atomic E-state index is 13.4. The second-order valence-corrected chi connectivity index (χ2v) is 13.2. The van der Waals surface area contributed by atoms with E-state index in [4.69, 9.17) is 20.6 Å². The minimum absolute atomic E-state index is 0.251. The number of nitrogen functional groups attached to an aromatic ring is 1. The van der Waals surface area contributed by atoms with E-state index in [1.807, 2.05) is 70.2 Å². The first-order chi connectivity index (χ1) is 22.4. The summed E-state index contributed by atoms with van der Waals surface area (Å²) in [4.78, 5) is 22.7.